The van der Waals surface area contributed by atoms with Gasteiger partial charge in [-0.05, 0) is 42.0 Å². The molecular weight excluding hydrogens is 388 g/mol. The number of likely N-dealkylation sites (tertiary alicyclic amines) is 1. The summed E-state index contributed by atoms with van der Waals surface area (Å²) in [7, 11) is 0. The van der Waals surface area contributed by atoms with E-state index in [-0.39, 0.29) is 23.0 Å². The number of carbonyl (C=O) groups is 1. The van der Waals surface area contributed by atoms with E-state index in [1.807, 2.05) is 18.2 Å². The second-order valence-electron chi connectivity index (χ2n) is 7.82. The summed E-state index contributed by atoms with van der Waals surface area (Å²) < 4.78 is 5.42. The van der Waals surface area contributed by atoms with E-state index in [0.29, 0.717) is 19.0 Å². The van der Waals surface area contributed by atoms with Gasteiger partial charge in [0.25, 0.3) is 0 Å². The topological polar surface area (TPSA) is 73.6 Å². The molecule has 0 atom stereocenters. The van der Waals surface area contributed by atoms with Crippen molar-refractivity contribution in [1.82, 2.24) is 4.90 Å². The summed E-state index contributed by atoms with van der Waals surface area (Å²) in [5, 5.41) is 18.7. The predicted octanol–water partition coefficient (Wildman–Crippen LogP) is 5.31. The maximum absolute atomic E-state index is 12.6. The van der Waals surface area contributed by atoms with Crippen molar-refractivity contribution in [3.63, 3.8) is 0 Å². The standard InChI is InChI=1S/C26H24N2O3/c27-18-19-15-23(29)17-24(16-19)31-26(30)28-13-11-22(12-14-28)25(20-7-3-1-4-8-20)21-9-5-2-6-10-21/h1-10,15-17,22,25,29H,11-14H2. The van der Waals surface area contributed by atoms with Crippen LogP contribution < -0.4 is 4.74 Å². The van der Waals surface area contributed by atoms with Crippen molar-refractivity contribution in [2.24, 2.45) is 5.92 Å². The number of hydrogen-bond acceptors (Lipinski definition) is 4. The molecular formula is C26H24N2O3. The summed E-state index contributed by atoms with van der Waals surface area (Å²) in [6, 6.07) is 27.1. The van der Waals surface area contributed by atoms with Gasteiger partial charge in [-0.2, -0.15) is 5.26 Å². The average molecular weight is 412 g/mol. The number of phenols is 1. The quantitative estimate of drug-likeness (QED) is 0.630. The number of carbonyl (C=O) groups excluding carboxylic acids is 1. The maximum Gasteiger partial charge on any atom is 0.415 e. The van der Waals surface area contributed by atoms with Crippen LogP contribution >= 0.6 is 0 Å². The van der Waals surface area contributed by atoms with Gasteiger partial charge in [0.15, 0.2) is 0 Å². The Labute approximate surface area is 182 Å². The largest absolute Gasteiger partial charge is 0.508 e. The fraction of sp³-hybridized carbons (Fsp3) is 0.231. The highest BCUT2D eigenvalue weighted by Crippen LogP contribution is 2.38. The molecule has 156 valence electrons. The van der Waals surface area contributed by atoms with Gasteiger partial charge >= 0.3 is 6.09 Å². The molecule has 0 aromatic heterocycles. The first kappa shape index (κ1) is 20.5. The van der Waals surface area contributed by atoms with Gasteiger partial charge in [-0.3, -0.25) is 0 Å². The Bertz CT molecular complexity index is 1030. The van der Waals surface area contributed by atoms with Crippen molar-refractivity contribution in [2.45, 2.75) is 18.8 Å². The summed E-state index contributed by atoms with van der Waals surface area (Å²) in [4.78, 5) is 14.3. The van der Waals surface area contributed by atoms with Crippen LogP contribution in [0.25, 0.3) is 0 Å². The molecule has 3 aromatic carbocycles. The lowest BCUT2D eigenvalue weighted by atomic mass is 9.76. The highest BCUT2D eigenvalue weighted by molar-refractivity contribution is 5.71. The van der Waals surface area contributed by atoms with E-state index in [0.717, 1.165) is 12.8 Å². The fourth-order valence-electron chi connectivity index (χ4n) is 4.35. The summed E-state index contributed by atoms with van der Waals surface area (Å²) in [6.45, 7) is 1.20. The summed E-state index contributed by atoms with van der Waals surface area (Å²) in [6.07, 6.45) is 1.28. The Morgan fingerprint density at radius 3 is 2.10 bits per heavy atom. The zero-order chi connectivity index (χ0) is 21.6. The van der Waals surface area contributed by atoms with Gasteiger partial charge in [-0.1, -0.05) is 60.7 Å². The van der Waals surface area contributed by atoms with Gasteiger partial charge in [-0.15, -0.1) is 0 Å². The second kappa shape index (κ2) is 9.36. The lowest BCUT2D eigenvalue weighted by Gasteiger charge is -2.36. The van der Waals surface area contributed by atoms with Crippen LogP contribution in [0.3, 0.4) is 0 Å². The molecule has 1 saturated heterocycles. The first-order valence-corrected chi connectivity index (χ1v) is 10.4. The molecule has 0 unspecified atom stereocenters. The number of nitriles is 1. The first-order chi connectivity index (χ1) is 15.1. The Morgan fingerprint density at radius 1 is 0.968 bits per heavy atom. The molecule has 0 spiro atoms. The molecule has 0 bridgehead atoms. The summed E-state index contributed by atoms with van der Waals surface area (Å²) in [5.41, 5.74) is 2.83. The van der Waals surface area contributed by atoms with Crippen molar-refractivity contribution < 1.29 is 14.6 Å². The maximum atomic E-state index is 12.6. The van der Waals surface area contributed by atoms with Crippen molar-refractivity contribution >= 4 is 6.09 Å². The lowest BCUT2D eigenvalue weighted by molar-refractivity contribution is 0.128. The van der Waals surface area contributed by atoms with E-state index in [1.165, 1.54) is 29.3 Å². The molecule has 1 fully saturated rings. The van der Waals surface area contributed by atoms with Gasteiger partial charge in [0, 0.05) is 25.1 Å². The van der Waals surface area contributed by atoms with Crippen LogP contribution in [0.1, 0.15) is 35.4 Å². The average Bonchev–Trinajstić information content (AvgIpc) is 2.80. The number of ether oxygens (including phenoxy) is 1. The van der Waals surface area contributed by atoms with Crippen molar-refractivity contribution in [3.8, 4) is 17.6 Å². The number of benzene rings is 3. The summed E-state index contributed by atoms with van der Waals surface area (Å²) >= 11 is 0. The third kappa shape index (κ3) is 4.87. The Hall–Kier alpha value is -3.78. The number of rotatable bonds is 4. The van der Waals surface area contributed by atoms with Gasteiger partial charge < -0.3 is 14.7 Å². The van der Waals surface area contributed by atoms with E-state index >= 15 is 0 Å². The molecule has 1 aliphatic heterocycles. The van der Waals surface area contributed by atoms with Crippen LogP contribution in [0, 0.1) is 17.2 Å². The van der Waals surface area contributed by atoms with Crippen LogP contribution in [0.2, 0.25) is 0 Å². The van der Waals surface area contributed by atoms with Gasteiger partial charge in [-0.25, -0.2) is 4.79 Å². The van der Waals surface area contributed by atoms with E-state index < -0.39 is 6.09 Å². The van der Waals surface area contributed by atoms with Gasteiger partial charge in [0.2, 0.25) is 0 Å². The van der Waals surface area contributed by atoms with Crippen molar-refractivity contribution in [2.75, 3.05) is 13.1 Å². The van der Waals surface area contributed by atoms with E-state index in [1.54, 1.807) is 4.90 Å². The molecule has 5 heteroatoms. The molecule has 3 aromatic rings. The number of aromatic hydroxyl groups is 1. The zero-order valence-electron chi connectivity index (χ0n) is 17.1. The molecule has 4 rings (SSSR count). The second-order valence-corrected chi connectivity index (χ2v) is 7.82. The zero-order valence-corrected chi connectivity index (χ0v) is 17.1. The molecule has 31 heavy (non-hydrogen) atoms. The molecule has 1 amide bonds. The number of amides is 1. The molecule has 1 heterocycles. The Morgan fingerprint density at radius 2 is 1.55 bits per heavy atom. The Balaban J connectivity index is 1.45. The van der Waals surface area contributed by atoms with Crippen LogP contribution in [0.5, 0.6) is 11.5 Å². The third-order valence-electron chi connectivity index (χ3n) is 5.81. The van der Waals surface area contributed by atoms with Crippen LogP contribution in [0.15, 0.2) is 78.9 Å². The third-order valence-corrected chi connectivity index (χ3v) is 5.81. The predicted molar refractivity (Wildman–Crippen MR) is 118 cm³/mol. The van der Waals surface area contributed by atoms with E-state index in [9.17, 15) is 9.90 Å². The minimum Gasteiger partial charge on any atom is -0.508 e. The highest BCUT2D eigenvalue weighted by atomic mass is 16.6. The highest BCUT2D eigenvalue weighted by Gasteiger charge is 2.31. The fourth-order valence-corrected chi connectivity index (χ4v) is 4.35. The Kier molecular flexibility index (Phi) is 6.18. The number of nitrogens with zero attached hydrogens (tertiary/aromatic N) is 2. The molecule has 1 aliphatic rings. The molecule has 1 N–H and O–H groups in total. The molecule has 0 radical (unpaired) electrons. The number of piperidine rings is 1. The first-order valence-electron chi connectivity index (χ1n) is 10.4. The van der Waals surface area contributed by atoms with Gasteiger partial charge in [0.05, 0.1) is 11.6 Å². The minimum atomic E-state index is -0.455. The molecule has 0 aliphatic carbocycles. The van der Waals surface area contributed by atoms with Gasteiger partial charge in [0.1, 0.15) is 11.5 Å². The van der Waals surface area contributed by atoms with Crippen LogP contribution in [-0.4, -0.2) is 29.2 Å². The minimum absolute atomic E-state index is 0.103. The SMILES string of the molecule is N#Cc1cc(O)cc(OC(=O)N2CCC(C(c3ccccc3)c3ccccc3)CC2)c1. The lowest BCUT2D eigenvalue weighted by Crippen LogP contribution is -2.41. The molecule has 0 saturated carbocycles. The van der Waals surface area contributed by atoms with E-state index in [4.69, 9.17) is 10.00 Å². The number of phenolic OH excluding ortho intramolecular Hbond substituents is 1. The molecule has 5 nitrogen and oxygen atoms in total. The van der Waals surface area contributed by atoms with Crippen molar-refractivity contribution in [3.05, 3.63) is 95.6 Å². The van der Waals surface area contributed by atoms with E-state index in [2.05, 4.69) is 48.5 Å². The van der Waals surface area contributed by atoms with Crippen LogP contribution in [-0.2, 0) is 0 Å². The summed E-state index contributed by atoms with van der Waals surface area (Å²) in [5.74, 6) is 0.772. The van der Waals surface area contributed by atoms with Crippen molar-refractivity contribution in [1.29, 1.82) is 5.26 Å². The van der Waals surface area contributed by atoms with Crippen LogP contribution in [0.4, 0.5) is 4.79 Å². The smallest absolute Gasteiger partial charge is 0.415 e. The number of hydrogen-bond donors (Lipinski definition) is 1. The monoisotopic (exact) mass is 412 g/mol. The normalized spacial score (nSPS) is 14.3.